The first-order valence-electron chi connectivity index (χ1n) is 10.7. The summed E-state index contributed by atoms with van der Waals surface area (Å²) in [5, 5.41) is 57.8. The van der Waals surface area contributed by atoms with E-state index in [1.54, 1.807) is 17.9 Å². The second-order valence-electron chi connectivity index (χ2n) is 8.25. The lowest BCUT2D eigenvalue weighted by Gasteiger charge is -2.35. The van der Waals surface area contributed by atoms with Crippen LogP contribution in [0.3, 0.4) is 0 Å². The average Bonchev–Trinajstić information content (AvgIpc) is 3.10. The maximum atomic E-state index is 11.7. The summed E-state index contributed by atoms with van der Waals surface area (Å²) in [6.07, 6.45) is -3.12. The van der Waals surface area contributed by atoms with E-state index in [-0.39, 0.29) is 45.3 Å². The third kappa shape index (κ3) is 7.37. The number of carboxylic acid groups (broad SMARTS) is 1. The maximum absolute atomic E-state index is 11.7. The standard InChI is InChI=1S/C20H35N3O9/c1-11(9-24)3-2-4-13(18(29)30)14-8-23(20(21)22-14)7-12(25)5-6-31-19-17(28)16(27)15(26)10-32-19/h3,12-17,19,24-28H,2,4-10H2,1H3,(H2,21,22)(H,29,30)/b11-3+/t12?,13-,14+,15-,16+,17-,19+/m1/s1. The summed E-state index contributed by atoms with van der Waals surface area (Å²) in [6.45, 7) is 1.93. The predicted molar refractivity (Wildman–Crippen MR) is 113 cm³/mol. The predicted octanol–water partition coefficient (Wildman–Crippen LogP) is -2.39. The largest absolute Gasteiger partial charge is 0.481 e. The molecule has 2 aliphatic heterocycles. The lowest BCUT2D eigenvalue weighted by Crippen LogP contribution is -2.53. The van der Waals surface area contributed by atoms with Crippen LogP contribution in [-0.4, -0.2) is 117 Å². The van der Waals surface area contributed by atoms with Gasteiger partial charge in [-0.25, -0.2) is 4.99 Å². The Balaban J connectivity index is 1.78. The average molecular weight is 462 g/mol. The topological polar surface area (TPSA) is 199 Å². The Hall–Kier alpha value is -1.80. The van der Waals surface area contributed by atoms with Gasteiger partial charge in [-0.3, -0.25) is 4.79 Å². The van der Waals surface area contributed by atoms with Gasteiger partial charge in [0.05, 0.1) is 37.9 Å². The molecule has 8 N–H and O–H groups in total. The van der Waals surface area contributed by atoms with E-state index in [0.717, 1.165) is 5.57 Å². The Bertz CT molecular complexity index is 675. The van der Waals surface area contributed by atoms with Gasteiger partial charge in [-0.15, -0.1) is 0 Å². The van der Waals surface area contributed by atoms with Gasteiger partial charge in [0.15, 0.2) is 12.2 Å². The van der Waals surface area contributed by atoms with E-state index in [2.05, 4.69) is 4.99 Å². The van der Waals surface area contributed by atoms with Crippen LogP contribution < -0.4 is 5.73 Å². The lowest BCUT2D eigenvalue weighted by atomic mass is 9.94. The van der Waals surface area contributed by atoms with Gasteiger partial charge in [0.25, 0.3) is 0 Å². The molecule has 1 saturated heterocycles. The highest BCUT2D eigenvalue weighted by Gasteiger charge is 2.38. The molecule has 12 nitrogen and oxygen atoms in total. The number of carboxylic acids is 1. The number of allylic oxidation sites excluding steroid dienone is 1. The number of aliphatic carboxylic acids is 1. The highest BCUT2D eigenvalue weighted by Crippen LogP contribution is 2.22. The third-order valence-electron chi connectivity index (χ3n) is 5.65. The zero-order valence-corrected chi connectivity index (χ0v) is 18.2. The molecule has 0 radical (unpaired) electrons. The zero-order chi connectivity index (χ0) is 23.8. The summed E-state index contributed by atoms with van der Waals surface area (Å²) < 4.78 is 10.5. The molecular formula is C20H35N3O9. The monoisotopic (exact) mass is 461 g/mol. The summed E-state index contributed by atoms with van der Waals surface area (Å²) in [4.78, 5) is 17.6. The number of nitrogens with two attached hydrogens (primary N) is 1. The number of aliphatic hydroxyl groups excluding tert-OH is 5. The van der Waals surface area contributed by atoms with Crippen LogP contribution in [0.25, 0.3) is 0 Å². The van der Waals surface area contributed by atoms with Crippen molar-refractivity contribution in [2.75, 3.05) is 32.9 Å². The zero-order valence-electron chi connectivity index (χ0n) is 18.2. The molecule has 184 valence electrons. The molecule has 7 atom stereocenters. The summed E-state index contributed by atoms with van der Waals surface area (Å²) in [5.41, 5.74) is 6.71. The molecule has 32 heavy (non-hydrogen) atoms. The van der Waals surface area contributed by atoms with E-state index in [4.69, 9.17) is 20.3 Å². The molecule has 12 heteroatoms. The minimum absolute atomic E-state index is 0.0221. The molecule has 0 aromatic rings. The molecule has 2 aliphatic rings. The van der Waals surface area contributed by atoms with Gasteiger partial charge in [0.2, 0.25) is 0 Å². The molecule has 1 fully saturated rings. The second kappa shape index (κ2) is 12.4. The smallest absolute Gasteiger partial charge is 0.308 e. The minimum atomic E-state index is -1.40. The number of carbonyl (C=O) groups is 1. The van der Waals surface area contributed by atoms with Crippen molar-refractivity contribution in [1.29, 1.82) is 0 Å². The van der Waals surface area contributed by atoms with E-state index in [1.165, 1.54) is 0 Å². The number of aliphatic imine (C=N–C) groups is 1. The third-order valence-corrected chi connectivity index (χ3v) is 5.65. The van der Waals surface area contributed by atoms with Crippen LogP contribution >= 0.6 is 0 Å². The molecule has 1 unspecified atom stereocenters. The van der Waals surface area contributed by atoms with Crippen molar-refractivity contribution in [1.82, 2.24) is 4.90 Å². The highest BCUT2D eigenvalue weighted by molar-refractivity contribution is 5.81. The second-order valence-corrected chi connectivity index (χ2v) is 8.25. The molecule has 0 aromatic heterocycles. The Morgan fingerprint density at radius 2 is 2.06 bits per heavy atom. The van der Waals surface area contributed by atoms with Gasteiger partial charge in [0.1, 0.15) is 18.3 Å². The summed E-state index contributed by atoms with van der Waals surface area (Å²) in [5.74, 6) is -1.56. The Morgan fingerprint density at radius 1 is 1.34 bits per heavy atom. The van der Waals surface area contributed by atoms with Crippen molar-refractivity contribution in [2.24, 2.45) is 16.6 Å². The van der Waals surface area contributed by atoms with Crippen LogP contribution in [0.4, 0.5) is 0 Å². The van der Waals surface area contributed by atoms with Crippen LogP contribution in [0.5, 0.6) is 0 Å². The molecule has 0 saturated carbocycles. The van der Waals surface area contributed by atoms with Crippen LogP contribution in [-0.2, 0) is 14.3 Å². The fourth-order valence-electron chi connectivity index (χ4n) is 3.64. The molecule has 0 amide bonds. The van der Waals surface area contributed by atoms with E-state index in [9.17, 15) is 30.3 Å². The van der Waals surface area contributed by atoms with Crippen molar-refractivity contribution >= 4 is 11.9 Å². The number of hydrogen-bond donors (Lipinski definition) is 7. The van der Waals surface area contributed by atoms with Crippen molar-refractivity contribution in [3.63, 3.8) is 0 Å². The first-order valence-corrected chi connectivity index (χ1v) is 10.7. The van der Waals surface area contributed by atoms with Crippen molar-refractivity contribution in [3.8, 4) is 0 Å². The van der Waals surface area contributed by atoms with Crippen molar-refractivity contribution in [3.05, 3.63) is 11.6 Å². The van der Waals surface area contributed by atoms with Crippen molar-refractivity contribution < 1.29 is 44.9 Å². The van der Waals surface area contributed by atoms with Gasteiger partial charge >= 0.3 is 5.97 Å². The first kappa shape index (κ1) is 26.5. The van der Waals surface area contributed by atoms with E-state index in [1.807, 2.05) is 0 Å². The number of guanidine groups is 1. The molecular weight excluding hydrogens is 426 g/mol. The van der Waals surface area contributed by atoms with Crippen LogP contribution in [0.15, 0.2) is 16.6 Å². The minimum Gasteiger partial charge on any atom is -0.481 e. The van der Waals surface area contributed by atoms with Gasteiger partial charge < -0.3 is 50.7 Å². The lowest BCUT2D eigenvalue weighted by molar-refractivity contribution is -0.270. The number of β-amino-alcohol motifs (C(OH)–C–C–N with tert-alkyl or cyclic N) is 1. The fraction of sp³-hybridized carbons (Fsp3) is 0.800. The van der Waals surface area contributed by atoms with Crippen molar-refractivity contribution in [2.45, 2.75) is 62.9 Å². The van der Waals surface area contributed by atoms with E-state index < -0.39 is 48.6 Å². The number of nitrogens with zero attached hydrogens (tertiary/aromatic N) is 2. The summed E-state index contributed by atoms with van der Waals surface area (Å²) in [6, 6.07) is -0.544. The Kier molecular flexibility index (Phi) is 10.3. The van der Waals surface area contributed by atoms with Crippen LogP contribution in [0, 0.1) is 5.92 Å². The number of ether oxygens (including phenoxy) is 2. The normalized spacial score (nSPS) is 30.8. The molecule has 2 rings (SSSR count). The highest BCUT2D eigenvalue weighted by atomic mass is 16.7. The maximum Gasteiger partial charge on any atom is 0.308 e. The molecule has 0 aromatic carbocycles. The summed E-state index contributed by atoms with van der Waals surface area (Å²) in [7, 11) is 0. The van der Waals surface area contributed by atoms with Gasteiger partial charge in [-0.2, -0.15) is 0 Å². The van der Waals surface area contributed by atoms with Crippen LogP contribution in [0.2, 0.25) is 0 Å². The van der Waals surface area contributed by atoms with Gasteiger partial charge in [-0.05, 0) is 26.2 Å². The van der Waals surface area contributed by atoms with E-state index >= 15 is 0 Å². The molecule has 0 spiro atoms. The Labute approximate surface area is 186 Å². The number of rotatable bonds is 12. The van der Waals surface area contributed by atoms with Gasteiger partial charge in [-0.1, -0.05) is 11.6 Å². The molecule has 0 aliphatic carbocycles. The number of aliphatic hydroxyl groups is 5. The SMILES string of the molecule is C/C(=C\CC[C@@H](C(=O)O)[C@@H]1CN(CC(O)CCO[C@H]2OC[C@@H](O)[C@H](O)[C@H]2O)C(N)=N1)CO. The van der Waals surface area contributed by atoms with Crippen LogP contribution in [0.1, 0.15) is 26.2 Å². The van der Waals surface area contributed by atoms with Gasteiger partial charge in [0, 0.05) is 13.1 Å². The Morgan fingerprint density at radius 3 is 2.72 bits per heavy atom. The fourth-order valence-corrected chi connectivity index (χ4v) is 3.64. The quantitative estimate of drug-likeness (QED) is 0.153. The first-order chi connectivity index (χ1) is 15.1. The summed E-state index contributed by atoms with van der Waals surface area (Å²) >= 11 is 0. The molecule has 0 bridgehead atoms. The number of hydrogen-bond acceptors (Lipinski definition) is 11. The van der Waals surface area contributed by atoms with E-state index in [0.29, 0.717) is 12.8 Å². The molecule has 2 heterocycles.